The van der Waals surface area contributed by atoms with E-state index >= 15 is 0 Å². The van der Waals surface area contributed by atoms with Crippen molar-refractivity contribution in [2.45, 2.75) is 38.5 Å². The molecule has 1 heterocycles. The predicted octanol–water partition coefficient (Wildman–Crippen LogP) is 2.22. The maximum absolute atomic E-state index is 11.3. The molecule has 1 aliphatic rings. The van der Waals surface area contributed by atoms with E-state index in [1.807, 2.05) is 17.0 Å². The molecule has 2 N–H and O–H groups in total. The number of hydrogen-bond donors (Lipinski definition) is 1. The summed E-state index contributed by atoms with van der Waals surface area (Å²) in [7, 11) is 0. The summed E-state index contributed by atoms with van der Waals surface area (Å²) >= 11 is 0. The molecule has 0 bridgehead atoms. The van der Waals surface area contributed by atoms with Crippen molar-refractivity contribution in [2.75, 3.05) is 18.0 Å². The van der Waals surface area contributed by atoms with E-state index in [1.54, 1.807) is 12.1 Å². The maximum Gasteiger partial charge on any atom is 0.236 e. The first-order valence-corrected chi connectivity index (χ1v) is 7.59. The first-order chi connectivity index (χ1) is 10.2. The van der Waals surface area contributed by atoms with Crippen LogP contribution in [-0.2, 0) is 4.79 Å². The lowest BCUT2D eigenvalue weighted by atomic mass is 9.87. The van der Waals surface area contributed by atoms with Gasteiger partial charge in [0.1, 0.15) is 17.6 Å². The molecule has 1 fully saturated rings. The third kappa shape index (κ3) is 4.75. The Kier molecular flexibility index (Phi) is 5.56. The van der Waals surface area contributed by atoms with Crippen LogP contribution in [0.25, 0.3) is 0 Å². The Labute approximate surface area is 125 Å². The van der Waals surface area contributed by atoms with Gasteiger partial charge in [-0.05, 0) is 24.5 Å². The molecule has 0 aromatic carbocycles. The van der Waals surface area contributed by atoms with E-state index in [-0.39, 0.29) is 12.5 Å². The summed E-state index contributed by atoms with van der Waals surface area (Å²) in [6.45, 7) is 0.907. The molecule has 0 aliphatic heterocycles. The second-order valence-electron chi connectivity index (χ2n) is 5.67. The number of anilines is 1. The van der Waals surface area contributed by atoms with Gasteiger partial charge in [-0.2, -0.15) is 5.26 Å². The van der Waals surface area contributed by atoms with Gasteiger partial charge < -0.3 is 10.6 Å². The number of nitrogens with zero attached hydrogens (tertiary/aromatic N) is 3. The van der Waals surface area contributed by atoms with Gasteiger partial charge in [-0.15, -0.1) is 0 Å². The van der Waals surface area contributed by atoms with E-state index in [9.17, 15) is 4.79 Å². The molecule has 21 heavy (non-hydrogen) atoms. The van der Waals surface area contributed by atoms with Gasteiger partial charge in [0.2, 0.25) is 5.91 Å². The van der Waals surface area contributed by atoms with E-state index in [1.165, 1.54) is 32.1 Å². The lowest BCUT2D eigenvalue weighted by Crippen LogP contribution is -2.36. The zero-order valence-electron chi connectivity index (χ0n) is 12.3. The van der Waals surface area contributed by atoms with Gasteiger partial charge >= 0.3 is 0 Å². The standard InChI is InChI=1S/C16H22N4O/c17-11-14-7-4-8-16(19-14)20(12-15(18)21)10-9-13-5-2-1-3-6-13/h4,7-8,13H,1-3,5-6,9-10,12H2,(H2,18,21). The Bertz CT molecular complexity index is 517. The second-order valence-corrected chi connectivity index (χ2v) is 5.67. The number of nitrogens with two attached hydrogens (primary N) is 1. The largest absolute Gasteiger partial charge is 0.368 e. The van der Waals surface area contributed by atoms with Gasteiger partial charge in [-0.25, -0.2) is 4.98 Å². The molecule has 0 radical (unpaired) electrons. The number of carbonyl (C=O) groups excluding carboxylic acids is 1. The van der Waals surface area contributed by atoms with Gasteiger partial charge in [0.25, 0.3) is 0 Å². The average Bonchev–Trinajstić information content (AvgIpc) is 2.52. The smallest absolute Gasteiger partial charge is 0.236 e. The molecule has 2 rings (SSSR count). The molecule has 1 aliphatic carbocycles. The normalized spacial score (nSPS) is 15.4. The first-order valence-electron chi connectivity index (χ1n) is 7.59. The first kappa shape index (κ1) is 15.3. The van der Waals surface area contributed by atoms with Gasteiger partial charge in [-0.1, -0.05) is 38.2 Å². The van der Waals surface area contributed by atoms with Crippen molar-refractivity contribution in [3.05, 3.63) is 23.9 Å². The van der Waals surface area contributed by atoms with Crippen LogP contribution >= 0.6 is 0 Å². The Morgan fingerprint density at radius 2 is 2.14 bits per heavy atom. The highest BCUT2D eigenvalue weighted by atomic mass is 16.1. The molecule has 5 nitrogen and oxygen atoms in total. The van der Waals surface area contributed by atoms with E-state index in [2.05, 4.69) is 4.98 Å². The highest BCUT2D eigenvalue weighted by Gasteiger charge is 2.17. The van der Waals surface area contributed by atoms with E-state index < -0.39 is 0 Å². The fraction of sp³-hybridized carbons (Fsp3) is 0.562. The average molecular weight is 286 g/mol. The third-order valence-electron chi connectivity index (χ3n) is 4.05. The number of aromatic nitrogens is 1. The summed E-state index contributed by atoms with van der Waals surface area (Å²) < 4.78 is 0. The van der Waals surface area contributed by atoms with Crippen LogP contribution in [-0.4, -0.2) is 24.0 Å². The minimum absolute atomic E-state index is 0.147. The molecule has 112 valence electrons. The molecule has 0 saturated heterocycles. The Hall–Kier alpha value is -2.09. The fourth-order valence-corrected chi connectivity index (χ4v) is 2.94. The summed E-state index contributed by atoms with van der Waals surface area (Å²) in [6, 6.07) is 7.30. The SMILES string of the molecule is N#Cc1cccc(N(CCC2CCCCC2)CC(N)=O)n1. The van der Waals surface area contributed by atoms with Gasteiger partial charge in [0.05, 0.1) is 6.54 Å². The van der Waals surface area contributed by atoms with Crippen molar-refractivity contribution in [3.63, 3.8) is 0 Å². The van der Waals surface area contributed by atoms with Crippen LogP contribution in [0.1, 0.15) is 44.2 Å². The second kappa shape index (κ2) is 7.63. The van der Waals surface area contributed by atoms with E-state index in [0.29, 0.717) is 11.5 Å². The molecule has 0 unspecified atom stereocenters. The Morgan fingerprint density at radius 1 is 1.38 bits per heavy atom. The minimum Gasteiger partial charge on any atom is -0.368 e. The molecular weight excluding hydrogens is 264 g/mol. The Balaban J connectivity index is 2.02. The van der Waals surface area contributed by atoms with Crippen molar-refractivity contribution in [1.29, 1.82) is 5.26 Å². The highest BCUT2D eigenvalue weighted by molar-refractivity contribution is 5.79. The van der Waals surface area contributed by atoms with Crippen molar-refractivity contribution >= 4 is 11.7 Å². The monoisotopic (exact) mass is 286 g/mol. The third-order valence-corrected chi connectivity index (χ3v) is 4.05. The number of primary amides is 1. The number of carbonyl (C=O) groups is 1. The van der Waals surface area contributed by atoms with Crippen LogP contribution in [0.5, 0.6) is 0 Å². The molecule has 5 heteroatoms. The molecule has 1 aromatic rings. The number of amides is 1. The molecule has 1 amide bonds. The van der Waals surface area contributed by atoms with Gasteiger partial charge in [-0.3, -0.25) is 4.79 Å². The summed E-state index contributed by atoms with van der Waals surface area (Å²) in [6.07, 6.45) is 7.55. The van der Waals surface area contributed by atoms with Crippen LogP contribution < -0.4 is 10.6 Å². The summed E-state index contributed by atoms with van der Waals surface area (Å²) in [4.78, 5) is 17.4. The number of hydrogen-bond acceptors (Lipinski definition) is 4. The van der Waals surface area contributed by atoms with Crippen molar-refractivity contribution in [3.8, 4) is 6.07 Å². The predicted molar refractivity (Wildman–Crippen MR) is 81.6 cm³/mol. The fourth-order valence-electron chi connectivity index (χ4n) is 2.94. The summed E-state index contributed by atoms with van der Waals surface area (Å²) in [5, 5.41) is 8.94. The maximum atomic E-state index is 11.3. The van der Waals surface area contributed by atoms with Gasteiger partial charge in [0, 0.05) is 6.54 Å². The van der Waals surface area contributed by atoms with Crippen LogP contribution in [0.2, 0.25) is 0 Å². The van der Waals surface area contributed by atoms with E-state index in [4.69, 9.17) is 11.0 Å². The summed E-state index contributed by atoms with van der Waals surface area (Å²) in [5.41, 5.74) is 5.70. The minimum atomic E-state index is -0.372. The van der Waals surface area contributed by atoms with Gasteiger partial charge in [0.15, 0.2) is 0 Å². The zero-order chi connectivity index (χ0) is 15.1. The van der Waals surface area contributed by atoms with Crippen LogP contribution in [0.3, 0.4) is 0 Å². The molecule has 1 saturated carbocycles. The number of rotatable bonds is 6. The molecule has 0 atom stereocenters. The van der Waals surface area contributed by atoms with E-state index in [0.717, 1.165) is 18.9 Å². The molecular formula is C16H22N4O. The molecule has 1 aromatic heterocycles. The van der Waals surface area contributed by atoms with Crippen LogP contribution in [0.4, 0.5) is 5.82 Å². The lowest BCUT2D eigenvalue weighted by molar-refractivity contribution is -0.116. The Morgan fingerprint density at radius 3 is 2.81 bits per heavy atom. The van der Waals surface area contributed by atoms with Crippen LogP contribution in [0, 0.1) is 17.2 Å². The van der Waals surface area contributed by atoms with Crippen molar-refractivity contribution in [2.24, 2.45) is 11.7 Å². The quantitative estimate of drug-likeness (QED) is 0.869. The topological polar surface area (TPSA) is 83.0 Å². The van der Waals surface area contributed by atoms with Crippen molar-refractivity contribution in [1.82, 2.24) is 4.98 Å². The van der Waals surface area contributed by atoms with Crippen molar-refractivity contribution < 1.29 is 4.79 Å². The number of pyridine rings is 1. The summed E-state index contributed by atoms with van der Waals surface area (Å²) in [5.74, 6) is 1.01. The number of nitriles is 1. The zero-order valence-corrected chi connectivity index (χ0v) is 12.3. The van der Waals surface area contributed by atoms with Crippen LogP contribution in [0.15, 0.2) is 18.2 Å². The highest BCUT2D eigenvalue weighted by Crippen LogP contribution is 2.27. The molecule has 0 spiro atoms. The lowest BCUT2D eigenvalue weighted by Gasteiger charge is -2.27.